The molecule has 108 valence electrons. The number of carboxylic acids is 1. The maximum atomic E-state index is 11.2. The molecule has 0 fully saturated rings. The zero-order chi connectivity index (χ0) is 14.7. The van der Waals surface area contributed by atoms with Gasteiger partial charge in [-0.25, -0.2) is 14.8 Å². The number of hydrogen-bond acceptors (Lipinski definition) is 6. The Morgan fingerprint density at radius 2 is 2.25 bits per heavy atom. The fraction of sp³-hybridized carbons (Fsp3) is 0.462. The Hall–Kier alpha value is -1.47. The average Bonchev–Trinajstić information content (AvgIpc) is 2.97. The third-order valence-corrected chi connectivity index (χ3v) is 5.04. The summed E-state index contributed by atoms with van der Waals surface area (Å²) in [4.78, 5) is 23.5. The summed E-state index contributed by atoms with van der Waals surface area (Å²) in [5, 5.41) is 9.98. The Kier molecular flexibility index (Phi) is 4.72. The Labute approximate surface area is 125 Å². The smallest absolute Gasteiger partial charge is 0.347 e. The molecule has 20 heavy (non-hydrogen) atoms. The highest BCUT2D eigenvalue weighted by molar-refractivity contribution is 7.17. The van der Waals surface area contributed by atoms with Crippen LogP contribution >= 0.6 is 22.7 Å². The first kappa shape index (κ1) is 14.9. The first-order chi connectivity index (χ1) is 9.52. The van der Waals surface area contributed by atoms with Crippen LogP contribution in [0.5, 0.6) is 0 Å². The van der Waals surface area contributed by atoms with Gasteiger partial charge in [0, 0.05) is 11.9 Å². The van der Waals surface area contributed by atoms with Crippen LogP contribution in [0.1, 0.15) is 39.3 Å². The van der Waals surface area contributed by atoms with Gasteiger partial charge in [-0.2, -0.15) is 0 Å². The average molecular weight is 311 g/mol. The van der Waals surface area contributed by atoms with Gasteiger partial charge in [-0.15, -0.1) is 11.3 Å². The topological polar surface area (TPSA) is 66.3 Å². The van der Waals surface area contributed by atoms with E-state index in [0.717, 1.165) is 17.2 Å². The van der Waals surface area contributed by atoms with E-state index in [9.17, 15) is 9.90 Å². The van der Waals surface area contributed by atoms with Gasteiger partial charge in [-0.05, 0) is 13.3 Å². The molecule has 2 heterocycles. The fourth-order valence-electron chi connectivity index (χ4n) is 1.84. The Morgan fingerprint density at radius 1 is 1.50 bits per heavy atom. The van der Waals surface area contributed by atoms with Crippen molar-refractivity contribution in [3.63, 3.8) is 0 Å². The standard InChI is InChI=1S/C13H17N3O2S2/c1-4-5-9-11(12(17)18)20-13(15-9)16(3)6-10-8(2)14-7-19-10/h7H,4-6H2,1-3H3,(H,17,18). The number of carbonyl (C=O) groups is 1. The van der Waals surface area contributed by atoms with Gasteiger partial charge in [0.2, 0.25) is 0 Å². The molecule has 1 N–H and O–H groups in total. The van der Waals surface area contributed by atoms with Crippen molar-refractivity contribution < 1.29 is 9.90 Å². The van der Waals surface area contributed by atoms with Crippen molar-refractivity contribution in [2.24, 2.45) is 0 Å². The van der Waals surface area contributed by atoms with Gasteiger partial charge in [-0.1, -0.05) is 24.7 Å². The summed E-state index contributed by atoms with van der Waals surface area (Å²) in [6.45, 7) is 4.70. The van der Waals surface area contributed by atoms with Crippen molar-refractivity contribution in [3.8, 4) is 0 Å². The summed E-state index contributed by atoms with van der Waals surface area (Å²) in [6.07, 6.45) is 1.59. The molecule has 0 saturated heterocycles. The first-order valence-electron chi connectivity index (χ1n) is 6.36. The molecule has 0 unspecified atom stereocenters. The molecule has 0 spiro atoms. The zero-order valence-electron chi connectivity index (χ0n) is 11.7. The van der Waals surface area contributed by atoms with Crippen LogP contribution in [0.25, 0.3) is 0 Å². The molecular weight excluding hydrogens is 294 g/mol. The van der Waals surface area contributed by atoms with Gasteiger partial charge < -0.3 is 10.0 Å². The quantitative estimate of drug-likeness (QED) is 0.887. The number of aryl methyl sites for hydroxylation is 2. The van der Waals surface area contributed by atoms with Gasteiger partial charge in [0.05, 0.1) is 23.4 Å². The lowest BCUT2D eigenvalue weighted by molar-refractivity contribution is 0.0700. The molecule has 0 bridgehead atoms. The number of aromatic carboxylic acids is 1. The van der Waals surface area contributed by atoms with E-state index < -0.39 is 5.97 Å². The molecule has 0 saturated carbocycles. The van der Waals surface area contributed by atoms with Crippen LogP contribution in [0, 0.1) is 6.92 Å². The third-order valence-electron chi connectivity index (χ3n) is 2.92. The largest absolute Gasteiger partial charge is 0.477 e. The fourth-order valence-corrected chi connectivity index (χ4v) is 3.58. The predicted octanol–water partition coefficient (Wildman–Crippen LogP) is 3.20. The summed E-state index contributed by atoms with van der Waals surface area (Å²) < 4.78 is 0. The van der Waals surface area contributed by atoms with Crippen molar-refractivity contribution in [2.75, 3.05) is 11.9 Å². The molecule has 2 aromatic rings. The monoisotopic (exact) mass is 311 g/mol. The molecule has 0 aliphatic heterocycles. The van der Waals surface area contributed by atoms with Gasteiger partial charge in [-0.3, -0.25) is 0 Å². The van der Waals surface area contributed by atoms with E-state index in [2.05, 4.69) is 9.97 Å². The van der Waals surface area contributed by atoms with Gasteiger partial charge in [0.25, 0.3) is 0 Å². The summed E-state index contributed by atoms with van der Waals surface area (Å²) in [5.74, 6) is -0.889. The molecule has 2 rings (SSSR count). The second-order valence-electron chi connectivity index (χ2n) is 4.54. The minimum Gasteiger partial charge on any atom is -0.477 e. The van der Waals surface area contributed by atoms with Crippen LogP contribution in [0.2, 0.25) is 0 Å². The molecule has 0 aliphatic carbocycles. The van der Waals surface area contributed by atoms with Crippen molar-refractivity contribution in [1.82, 2.24) is 9.97 Å². The lowest BCUT2D eigenvalue weighted by Crippen LogP contribution is -2.16. The van der Waals surface area contributed by atoms with Crippen LogP contribution in [0.4, 0.5) is 5.13 Å². The Balaban J connectivity index is 2.21. The zero-order valence-corrected chi connectivity index (χ0v) is 13.3. The van der Waals surface area contributed by atoms with Crippen molar-refractivity contribution >= 4 is 33.8 Å². The maximum Gasteiger partial charge on any atom is 0.347 e. The molecular formula is C13H17N3O2S2. The summed E-state index contributed by atoms with van der Waals surface area (Å²) in [6, 6.07) is 0. The number of hydrogen-bond donors (Lipinski definition) is 1. The highest BCUT2D eigenvalue weighted by Crippen LogP contribution is 2.28. The van der Waals surface area contributed by atoms with Crippen LogP contribution in [-0.2, 0) is 13.0 Å². The maximum absolute atomic E-state index is 11.2. The van der Waals surface area contributed by atoms with Crippen molar-refractivity contribution in [2.45, 2.75) is 33.2 Å². The number of anilines is 1. The second kappa shape index (κ2) is 6.32. The highest BCUT2D eigenvalue weighted by Gasteiger charge is 2.19. The minimum absolute atomic E-state index is 0.356. The summed E-state index contributed by atoms with van der Waals surface area (Å²) in [7, 11) is 1.93. The van der Waals surface area contributed by atoms with E-state index >= 15 is 0 Å². The predicted molar refractivity (Wildman–Crippen MR) is 82.0 cm³/mol. The van der Waals surface area contributed by atoms with Gasteiger partial charge >= 0.3 is 5.97 Å². The SMILES string of the molecule is CCCc1nc(N(C)Cc2scnc2C)sc1C(=O)O. The molecule has 0 radical (unpaired) electrons. The second-order valence-corrected chi connectivity index (χ2v) is 6.46. The van der Waals surface area contributed by atoms with Gasteiger partial charge in [0.15, 0.2) is 5.13 Å². The highest BCUT2D eigenvalue weighted by atomic mass is 32.1. The summed E-state index contributed by atoms with van der Waals surface area (Å²) in [5.41, 5.74) is 3.53. The van der Waals surface area contributed by atoms with Gasteiger partial charge in [0.1, 0.15) is 4.88 Å². The Bertz CT molecular complexity index is 607. The molecule has 0 aliphatic rings. The molecule has 7 heteroatoms. The van der Waals surface area contributed by atoms with E-state index in [0.29, 0.717) is 23.5 Å². The van der Waals surface area contributed by atoms with E-state index in [1.807, 2.05) is 31.3 Å². The van der Waals surface area contributed by atoms with Crippen LogP contribution in [0.3, 0.4) is 0 Å². The van der Waals surface area contributed by atoms with Crippen molar-refractivity contribution in [3.05, 3.63) is 26.7 Å². The molecule has 2 aromatic heterocycles. The minimum atomic E-state index is -0.889. The lowest BCUT2D eigenvalue weighted by atomic mass is 10.2. The van der Waals surface area contributed by atoms with Crippen molar-refractivity contribution in [1.29, 1.82) is 0 Å². The first-order valence-corrected chi connectivity index (χ1v) is 8.05. The number of thiazole rings is 2. The van der Waals surface area contributed by atoms with E-state index in [1.165, 1.54) is 16.2 Å². The molecule has 0 atom stereocenters. The number of rotatable bonds is 6. The number of nitrogens with zero attached hydrogens (tertiary/aromatic N) is 3. The molecule has 0 amide bonds. The van der Waals surface area contributed by atoms with Crippen LogP contribution in [0.15, 0.2) is 5.51 Å². The normalized spacial score (nSPS) is 10.8. The molecule has 5 nitrogen and oxygen atoms in total. The Morgan fingerprint density at radius 3 is 2.80 bits per heavy atom. The van der Waals surface area contributed by atoms with Crippen LogP contribution in [-0.4, -0.2) is 28.1 Å². The number of carboxylic acid groups (broad SMARTS) is 1. The van der Waals surface area contributed by atoms with Crippen LogP contribution < -0.4 is 4.90 Å². The van der Waals surface area contributed by atoms with E-state index in [1.54, 1.807) is 11.3 Å². The van der Waals surface area contributed by atoms with E-state index in [4.69, 9.17) is 0 Å². The lowest BCUT2D eigenvalue weighted by Gasteiger charge is -2.14. The third kappa shape index (κ3) is 3.16. The molecule has 0 aromatic carbocycles. The van der Waals surface area contributed by atoms with E-state index in [-0.39, 0.29) is 0 Å². The summed E-state index contributed by atoms with van der Waals surface area (Å²) >= 11 is 2.85. The number of aromatic nitrogens is 2.